The Labute approximate surface area is 152 Å². The van der Waals surface area contributed by atoms with Crippen molar-refractivity contribution in [1.82, 2.24) is 10.3 Å². The van der Waals surface area contributed by atoms with E-state index in [1.807, 2.05) is 36.4 Å². The Morgan fingerprint density at radius 1 is 1.17 bits per heavy atom. The molecule has 2 aromatic heterocycles. The Bertz CT molecular complexity index is 836. The number of amides is 1. The number of nitrogens with zero attached hydrogens (tertiary/aromatic N) is 1. The normalized spacial score (nSPS) is 10.9. The molecule has 0 aliphatic rings. The molecule has 2 heterocycles. The van der Waals surface area contributed by atoms with Crippen molar-refractivity contribution in [2.45, 2.75) is 17.7 Å². The van der Waals surface area contributed by atoms with Crippen LogP contribution in [0.4, 0.5) is 0 Å². The number of fused-ring (bicyclic) bond motifs is 1. The number of ketones is 1. The molecule has 0 unspecified atom stereocenters. The van der Waals surface area contributed by atoms with Gasteiger partial charge in [-0.25, -0.2) is 4.98 Å². The molecule has 0 fully saturated rings. The largest absolute Gasteiger partial charge is 0.356 e. The number of thioether (sulfide) groups is 1. The van der Waals surface area contributed by atoms with Crippen molar-refractivity contribution in [1.29, 1.82) is 0 Å². The summed E-state index contributed by atoms with van der Waals surface area (Å²) in [5.74, 6) is 0.482. The van der Waals surface area contributed by atoms with Gasteiger partial charge in [0.15, 0.2) is 10.1 Å². The van der Waals surface area contributed by atoms with Gasteiger partial charge in [0.1, 0.15) is 0 Å². The molecule has 1 aromatic carbocycles. The van der Waals surface area contributed by atoms with Crippen LogP contribution in [-0.4, -0.2) is 29.0 Å². The Hall–Kier alpha value is -1.70. The Kier molecular flexibility index (Phi) is 5.65. The minimum Gasteiger partial charge on any atom is -0.356 e. The average Bonchev–Trinajstić information content (AvgIpc) is 3.18. The zero-order valence-electron chi connectivity index (χ0n) is 13.1. The van der Waals surface area contributed by atoms with Crippen LogP contribution in [0.15, 0.2) is 40.7 Å². The topological polar surface area (TPSA) is 59.1 Å². The van der Waals surface area contributed by atoms with E-state index in [9.17, 15) is 9.59 Å². The summed E-state index contributed by atoms with van der Waals surface area (Å²) in [6, 6.07) is 11.8. The molecule has 0 atom stereocenters. The molecular weight excluding hydrogens is 360 g/mol. The lowest BCUT2D eigenvalue weighted by Gasteiger charge is -1.99. The molecule has 4 nitrogen and oxygen atoms in total. The van der Waals surface area contributed by atoms with Gasteiger partial charge in [-0.2, -0.15) is 0 Å². The summed E-state index contributed by atoms with van der Waals surface area (Å²) >= 11 is 4.61. The summed E-state index contributed by atoms with van der Waals surface area (Å²) < 4.78 is 2.07. The van der Waals surface area contributed by atoms with E-state index in [1.54, 1.807) is 11.3 Å². The number of hydrogen-bond donors (Lipinski definition) is 1. The van der Waals surface area contributed by atoms with Gasteiger partial charge < -0.3 is 5.32 Å². The summed E-state index contributed by atoms with van der Waals surface area (Å²) in [6.45, 7) is 2.10. The summed E-state index contributed by atoms with van der Waals surface area (Å²) in [4.78, 5) is 29.6. The monoisotopic (exact) mass is 376 g/mol. The number of para-hydroxylation sites is 1. The van der Waals surface area contributed by atoms with Gasteiger partial charge in [-0.3, -0.25) is 9.59 Å². The van der Waals surface area contributed by atoms with Crippen molar-refractivity contribution in [3.05, 3.63) is 46.2 Å². The minimum atomic E-state index is -0.0323. The average molecular weight is 377 g/mol. The highest BCUT2D eigenvalue weighted by molar-refractivity contribution is 8.01. The van der Waals surface area contributed by atoms with E-state index in [1.165, 1.54) is 30.0 Å². The molecule has 0 saturated heterocycles. The third kappa shape index (κ3) is 4.43. The molecule has 3 rings (SSSR count). The second kappa shape index (κ2) is 7.92. The zero-order valence-corrected chi connectivity index (χ0v) is 15.5. The lowest BCUT2D eigenvalue weighted by molar-refractivity contribution is -0.118. The van der Waals surface area contributed by atoms with Gasteiger partial charge in [0.2, 0.25) is 5.91 Å². The molecule has 0 aliphatic carbocycles. The van der Waals surface area contributed by atoms with Crippen LogP contribution in [0.25, 0.3) is 10.2 Å². The minimum absolute atomic E-state index is 0.0323. The predicted octanol–water partition coefficient (Wildman–Crippen LogP) is 4.01. The molecule has 0 spiro atoms. The van der Waals surface area contributed by atoms with Crippen LogP contribution in [0.2, 0.25) is 0 Å². The molecule has 0 radical (unpaired) electrons. The summed E-state index contributed by atoms with van der Waals surface area (Å²) in [6.07, 6.45) is 0.753. The van der Waals surface area contributed by atoms with Gasteiger partial charge in [-0.15, -0.1) is 22.7 Å². The summed E-state index contributed by atoms with van der Waals surface area (Å²) in [7, 11) is 0. The van der Waals surface area contributed by atoms with E-state index in [0.717, 1.165) is 30.7 Å². The molecule has 24 heavy (non-hydrogen) atoms. The van der Waals surface area contributed by atoms with E-state index in [2.05, 4.69) is 10.3 Å². The highest BCUT2D eigenvalue weighted by Crippen LogP contribution is 2.30. The van der Waals surface area contributed by atoms with Crippen LogP contribution in [0.3, 0.4) is 0 Å². The number of nitrogens with one attached hydrogen (secondary N) is 1. The van der Waals surface area contributed by atoms with E-state index < -0.39 is 0 Å². The number of thiazole rings is 1. The smallest absolute Gasteiger partial charge is 0.216 e. The van der Waals surface area contributed by atoms with E-state index in [-0.39, 0.29) is 11.7 Å². The maximum absolute atomic E-state index is 12.3. The van der Waals surface area contributed by atoms with Crippen LogP contribution >= 0.6 is 34.4 Å². The number of thiophene rings is 1. The number of benzene rings is 1. The molecule has 0 aliphatic heterocycles. The number of carbonyl (C=O) groups is 2. The van der Waals surface area contributed by atoms with Crippen LogP contribution in [-0.2, 0) is 11.2 Å². The quantitative estimate of drug-likeness (QED) is 0.500. The third-order valence-electron chi connectivity index (χ3n) is 3.28. The molecule has 7 heteroatoms. The van der Waals surface area contributed by atoms with Gasteiger partial charge in [0.25, 0.3) is 0 Å². The fraction of sp³-hybridized carbons (Fsp3) is 0.235. The van der Waals surface area contributed by atoms with Crippen molar-refractivity contribution < 1.29 is 9.59 Å². The SMILES string of the molecule is CC(=O)NCCc1ccc(C(=O)CSc2nc3ccccc3s2)s1. The highest BCUT2D eigenvalue weighted by atomic mass is 32.2. The first kappa shape index (κ1) is 17.1. The van der Waals surface area contributed by atoms with E-state index in [4.69, 9.17) is 0 Å². The lowest BCUT2D eigenvalue weighted by Crippen LogP contribution is -2.22. The second-order valence-corrected chi connectivity index (χ2v) is 8.58. The van der Waals surface area contributed by atoms with Crippen LogP contribution in [0.1, 0.15) is 21.5 Å². The molecule has 1 amide bonds. The molecular formula is C17H16N2O2S3. The zero-order chi connectivity index (χ0) is 16.9. The van der Waals surface area contributed by atoms with Crippen molar-refractivity contribution >= 4 is 56.3 Å². The van der Waals surface area contributed by atoms with Crippen molar-refractivity contribution in [3.63, 3.8) is 0 Å². The van der Waals surface area contributed by atoms with Gasteiger partial charge in [-0.05, 0) is 30.7 Å². The summed E-state index contributed by atoms with van der Waals surface area (Å²) in [5, 5.41) is 2.76. The van der Waals surface area contributed by atoms with E-state index >= 15 is 0 Å². The van der Waals surface area contributed by atoms with Crippen molar-refractivity contribution in [2.75, 3.05) is 12.3 Å². The molecule has 0 saturated carbocycles. The lowest BCUT2D eigenvalue weighted by atomic mass is 10.3. The van der Waals surface area contributed by atoms with Gasteiger partial charge >= 0.3 is 0 Å². The third-order valence-corrected chi connectivity index (χ3v) is 6.65. The van der Waals surface area contributed by atoms with Gasteiger partial charge in [-0.1, -0.05) is 23.9 Å². The fourth-order valence-electron chi connectivity index (χ4n) is 2.14. The Morgan fingerprint density at radius 2 is 2.00 bits per heavy atom. The number of hydrogen-bond acceptors (Lipinski definition) is 6. The van der Waals surface area contributed by atoms with Crippen LogP contribution in [0, 0.1) is 0 Å². The maximum atomic E-state index is 12.3. The molecule has 124 valence electrons. The standard InChI is InChI=1S/C17H16N2O2S3/c1-11(20)18-9-8-12-6-7-16(23-12)14(21)10-22-17-19-13-4-2-3-5-15(13)24-17/h2-7H,8-10H2,1H3,(H,18,20). The van der Waals surface area contributed by atoms with E-state index in [0.29, 0.717) is 12.3 Å². The number of aromatic nitrogens is 1. The number of carbonyl (C=O) groups excluding carboxylic acids is 2. The first-order valence-electron chi connectivity index (χ1n) is 7.46. The highest BCUT2D eigenvalue weighted by Gasteiger charge is 2.12. The first-order valence-corrected chi connectivity index (χ1v) is 10.1. The Balaban J connectivity index is 1.55. The number of rotatable bonds is 7. The Morgan fingerprint density at radius 3 is 2.79 bits per heavy atom. The maximum Gasteiger partial charge on any atom is 0.216 e. The molecule has 1 N–H and O–H groups in total. The fourth-order valence-corrected chi connectivity index (χ4v) is 5.12. The van der Waals surface area contributed by atoms with Crippen molar-refractivity contribution in [2.24, 2.45) is 0 Å². The van der Waals surface area contributed by atoms with Gasteiger partial charge in [0, 0.05) is 18.3 Å². The summed E-state index contributed by atoms with van der Waals surface area (Å²) in [5.41, 5.74) is 0.980. The van der Waals surface area contributed by atoms with Crippen LogP contribution < -0.4 is 5.32 Å². The first-order chi connectivity index (χ1) is 11.6. The molecule has 0 bridgehead atoms. The second-order valence-electron chi connectivity index (χ2n) is 5.16. The van der Waals surface area contributed by atoms with Crippen LogP contribution in [0.5, 0.6) is 0 Å². The molecule has 3 aromatic rings. The number of Topliss-reactive ketones (excluding diaryl/α,β-unsaturated/α-hetero) is 1. The van der Waals surface area contributed by atoms with Gasteiger partial charge in [0.05, 0.1) is 20.8 Å². The van der Waals surface area contributed by atoms with Crippen molar-refractivity contribution in [3.8, 4) is 0 Å². The predicted molar refractivity (Wildman–Crippen MR) is 101 cm³/mol.